The van der Waals surface area contributed by atoms with Crippen molar-refractivity contribution in [1.82, 2.24) is 19.1 Å². The van der Waals surface area contributed by atoms with Crippen molar-refractivity contribution >= 4 is 21.1 Å². The summed E-state index contributed by atoms with van der Waals surface area (Å²) in [5.74, 6) is 0. The van der Waals surface area contributed by atoms with Crippen LogP contribution in [0.4, 0.5) is 0 Å². The Hall–Kier alpha value is -2.29. The van der Waals surface area contributed by atoms with Gasteiger partial charge < -0.3 is 5.11 Å². The van der Waals surface area contributed by atoms with E-state index in [0.29, 0.717) is 16.6 Å². The van der Waals surface area contributed by atoms with Crippen molar-refractivity contribution in [2.24, 2.45) is 7.05 Å². The van der Waals surface area contributed by atoms with E-state index in [-0.39, 0.29) is 18.0 Å². The molecule has 0 aliphatic heterocycles. The van der Waals surface area contributed by atoms with Gasteiger partial charge in [0.1, 0.15) is 4.90 Å². The highest BCUT2D eigenvalue weighted by Gasteiger charge is 2.27. The minimum atomic E-state index is -3.79. The highest BCUT2D eigenvalue weighted by atomic mass is 32.2. The van der Waals surface area contributed by atoms with Crippen LogP contribution in [0.25, 0.3) is 11.0 Å². The maximum atomic E-state index is 13.1. The molecule has 0 aliphatic carbocycles. The van der Waals surface area contributed by atoms with Gasteiger partial charge >= 0.3 is 0 Å². The predicted molar refractivity (Wildman–Crippen MR) is 104 cm³/mol. The van der Waals surface area contributed by atoms with Crippen molar-refractivity contribution in [3.63, 3.8) is 0 Å². The fourth-order valence-electron chi connectivity index (χ4n) is 3.06. The number of aryl methyl sites for hydroxylation is 3. The number of likely N-dealkylation sites (N-methyl/N-ethyl adjacent to an activating group) is 1. The van der Waals surface area contributed by atoms with Gasteiger partial charge in [0.15, 0.2) is 5.65 Å². The fourth-order valence-corrected chi connectivity index (χ4v) is 4.49. The van der Waals surface area contributed by atoms with Gasteiger partial charge in [0, 0.05) is 31.7 Å². The molecule has 1 unspecified atom stereocenters. The summed E-state index contributed by atoms with van der Waals surface area (Å²) < 4.78 is 29.1. The van der Waals surface area contributed by atoms with Crippen LogP contribution in [0.1, 0.15) is 29.8 Å². The van der Waals surface area contributed by atoms with E-state index >= 15 is 0 Å². The molecule has 0 bridgehead atoms. The maximum Gasteiger partial charge on any atom is 0.244 e. The molecule has 1 aromatic carbocycles. The van der Waals surface area contributed by atoms with E-state index in [2.05, 4.69) is 10.1 Å². The van der Waals surface area contributed by atoms with E-state index in [1.54, 1.807) is 24.7 Å². The van der Waals surface area contributed by atoms with Gasteiger partial charge in [0.25, 0.3) is 0 Å². The molecule has 0 spiro atoms. The number of aliphatic hydroxyl groups excluding tert-OH is 1. The highest BCUT2D eigenvalue weighted by molar-refractivity contribution is 7.89. The number of nitrogens with zero attached hydrogens (tertiary/aromatic N) is 4. The second-order valence-electron chi connectivity index (χ2n) is 6.63. The van der Waals surface area contributed by atoms with E-state index < -0.39 is 16.1 Å². The van der Waals surface area contributed by atoms with Gasteiger partial charge in [-0.25, -0.2) is 13.4 Å². The first kappa shape index (κ1) is 19.5. The minimum absolute atomic E-state index is 0.0219. The van der Waals surface area contributed by atoms with Crippen molar-refractivity contribution in [2.45, 2.75) is 31.8 Å². The zero-order chi connectivity index (χ0) is 19.8. The van der Waals surface area contributed by atoms with Crippen LogP contribution in [0, 0.1) is 13.8 Å². The summed E-state index contributed by atoms with van der Waals surface area (Å²) in [6.45, 7) is 5.75. The minimum Gasteiger partial charge on any atom is -0.387 e. The van der Waals surface area contributed by atoms with E-state index in [4.69, 9.17) is 0 Å². The van der Waals surface area contributed by atoms with Gasteiger partial charge in [0.05, 0.1) is 11.8 Å². The van der Waals surface area contributed by atoms with Crippen molar-refractivity contribution in [2.75, 3.05) is 13.1 Å². The molecular weight excluding hydrogens is 364 g/mol. The predicted octanol–water partition coefficient (Wildman–Crippen LogP) is 2.33. The van der Waals surface area contributed by atoms with Gasteiger partial charge in [-0.3, -0.25) is 4.68 Å². The van der Waals surface area contributed by atoms with Crippen LogP contribution < -0.4 is 0 Å². The standard InChI is InChI=1S/C19H24N4O3S/c1-5-23(12-18(24)15-8-6-13(2)7-9-15)27(25,26)16-10-17-14(3)21-22(4)19(17)20-11-16/h6-11,18,24H,5,12H2,1-4H3. The van der Waals surface area contributed by atoms with Crippen molar-refractivity contribution < 1.29 is 13.5 Å². The van der Waals surface area contributed by atoms with E-state index in [1.807, 2.05) is 38.1 Å². The first-order chi connectivity index (χ1) is 12.7. The zero-order valence-electron chi connectivity index (χ0n) is 15.9. The van der Waals surface area contributed by atoms with Crippen molar-refractivity contribution in [3.05, 3.63) is 53.3 Å². The molecule has 27 heavy (non-hydrogen) atoms. The SMILES string of the molecule is CCN(CC(O)c1ccc(C)cc1)S(=O)(=O)c1cnc2c(c1)c(C)nn2C. The lowest BCUT2D eigenvalue weighted by Crippen LogP contribution is -2.34. The number of sulfonamides is 1. The quantitative estimate of drug-likeness (QED) is 0.700. The number of aromatic nitrogens is 3. The first-order valence-electron chi connectivity index (χ1n) is 8.78. The summed E-state index contributed by atoms with van der Waals surface area (Å²) in [6, 6.07) is 9.01. The molecule has 0 radical (unpaired) electrons. The van der Waals surface area contributed by atoms with Crippen LogP contribution >= 0.6 is 0 Å². The Labute approximate surface area is 159 Å². The molecule has 144 valence electrons. The summed E-state index contributed by atoms with van der Waals surface area (Å²) >= 11 is 0. The molecular formula is C19H24N4O3S. The van der Waals surface area contributed by atoms with Crippen LogP contribution in [0.15, 0.2) is 41.4 Å². The number of hydrogen-bond acceptors (Lipinski definition) is 5. The molecule has 0 saturated heterocycles. The highest BCUT2D eigenvalue weighted by Crippen LogP contribution is 2.24. The lowest BCUT2D eigenvalue weighted by molar-refractivity contribution is 0.149. The molecule has 8 heteroatoms. The average Bonchev–Trinajstić information content (AvgIpc) is 2.93. The molecule has 1 atom stereocenters. The summed E-state index contributed by atoms with van der Waals surface area (Å²) in [6.07, 6.45) is 0.442. The fraction of sp³-hybridized carbons (Fsp3) is 0.368. The Kier molecular flexibility index (Phi) is 5.32. The van der Waals surface area contributed by atoms with Gasteiger partial charge in [-0.2, -0.15) is 9.40 Å². The summed E-state index contributed by atoms with van der Waals surface area (Å²) in [7, 11) is -2.02. The topological polar surface area (TPSA) is 88.3 Å². The van der Waals surface area contributed by atoms with E-state index in [9.17, 15) is 13.5 Å². The molecule has 2 heterocycles. The molecule has 0 amide bonds. The Morgan fingerprint density at radius 2 is 1.89 bits per heavy atom. The Balaban J connectivity index is 1.91. The average molecular weight is 388 g/mol. The Bertz CT molecular complexity index is 1060. The Morgan fingerprint density at radius 3 is 2.52 bits per heavy atom. The second-order valence-corrected chi connectivity index (χ2v) is 8.57. The van der Waals surface area contributed by atoms with Gasteiger partial charge in [-0.1, -0.05) is 36.8 Å². The molecule has 0 saturated carbocycles. The zero-order valence-corrected chi connectivity index (χ0v) is 16.7. The van der Waals surface area contributed by atoms with Crippen molar-refractivity contribution in [3.8, 4) is 0 Å². The first-order valence-corrected chi connectivity index (χ1v) is 10.2. The van der Waals surface area contributed by atoms with Crippen LogP contribution in [0.3, 0.4) is 0 Å². The van der Waals surface area contributed by atoms with E-state index in [0.717, 1.165) is 11.3 Å². The molecule has 0 fully saturated rings. The third kappa shape index (κ3) is 3.73. The van der Waals surface area contributed by atoms with Crippen LogP contribution in [-0.4, -0.2) is 45.7 Å². The molecule has 1 N–H and O–H groups in total. The van der Waals surface area contributed by atoms with Crippen LogP contribution in [-0.2, 0) is 17.1 Å². The number of aliphatic hydroxyl groups is 1. The lowest BCUT2D eigenvalue weighted by Gasteiger charge is -2.23. The monoisotopic (exact) mass is 388 g/mol. The third-order valence-electron chi connectivity index (χ3n) is 4.67. The van der Waals surface area contributed by atoms with Gasteiger partial charge in [-0.05, 0) is 25.5 Å². The summed E-state index contributed by atoms with van der Waals surface area (Å²) in [5.41, 5.74) is 3.12. The largest absolute Gasteiger partial charge is 0.387 e. The second kappa shape index (κ2) is 7.38. The lowest BCUT2D eigenvalue weighted by atomic mass is 10.1. The Morgan fingerprint density at radius 1 is 1.22 bits per heavy atom. The third-order valence-corrected chi connectivity index (χ3v) is 6.57. The van der Waals surface area contributed by atoms with Crippen LogP contribution in [0.2, 0.25) is 0 Å². The number of pyridine rings is 1. The van der Waals surface area contributed by atoms with E-state index in [1.165, 1.54) is 10.5 Å². The van der Waals surface area contributed by atoms with Gasteiger partial charge in [-0.15, -0.1) is 0 Å². The molecule has 3 aromatic rings. The molecule has 3 rings (SSSR count). The maximum absolute atomic E-state index is 13.1. The van der Waals surface area contributed by atoms with Crippen LogP contribution in [0.5, 0.6) is 0 Å². The number of benzene rings is 1. The normalized spacial score (nSPS) is 13.4. The number of fused-ring (bicyclic) bond motifs is 1. The molecule has 7 nitrogen and oxygen atoms in total. The number of rotatable bonds is 6. The summed E-state index contributed by atoms with van der Waals surface area (Å²) in [5, 5.41) is 15.5. The molecule has 0 aliphatic rings. The van der Waals surface area contributed by atoms with Gasteiger partial charge in [0.2, 0.25) is 10.0 Å². The number of hydrogen-bond donors (Lipinski definition) is 1. The smallest absolute Gasteiger partial charge is 0.244 e. The summed E-state index contributed by atoms with van der Waals surface area (Å²) in [4.78, 5) is 4.36. The molecule has 2 aromatic heterocycles. The van der Waals surface area contributed by atoms with Crippen molar-refractivity contribution in [1.29, 1.82) is 0 Å².